The third-order valence-electron chi connectivity index (χ3n) is 5.29. The maximum absolute atomic E-state index is 13.2. The molecule has 0 atom stereocenters. The molecule has 3 aromatic rings. The van der Waals surface area contributed by atoms with E-state index in [0.29, 0.717) is 35.7 Å². The van der Waals surface area contributed by atoms with Crippen LogP contribution in [0.3, 0.4) is 0 Å². The largest absolute Gasteiger partial charge is 0.496 e. The van der Waals surface area contributed by atoms with Crippen molar-refractivity contribution in [2.24, 2.45) is 0 Å². The average Bonchev–Trinajstić information content (AvgIpc) is 2.71. The zero-order chi connectivity index (χ0) is 19.8. The number of amides is 1. The van der Waals surface area contributed by atoms with Gasteiger partial charge in [-0.25, -0.2) is 0 Å². The Morgan fingerprint density at radius 1 is 1.07 bits per heavy atom. The zero-order valence-corrected chi connectivity index (χ0v) is 16.2. The number of nitrogens with zero attached hydrogens (tertiary/aromatic N) is 1. The molecule has 0 radical (unpaired) electrons. The summed E-state index contributed by atoms with van der Waals surface area (Å²) in [5.74, 6) is 0.861. The fourth-order valence-corrected chi connectivity index (χ4v) is 3.77. The van der Waals surface area contributed by atoms with Crippen LogP contribution < -0.4 is 15.0 Å². The number of hydrogen-bond donors (Lipinski definition) is 1. The first-order valence-electron chi connectivity index (χ1n) is 9.17. The number of methoxy groups -OCH3 is 2. The van der Waals surface area contributed by atoms with Crippen molar-refractivity contribution in [1.29, 1.82) is 0 Å². The first-order chi connectivity index (χ1) is 13.5. The van der Waals surface area contributed by atoms with Crippen LogP contribution in [0.15, 0.2) is 41.2 Å². The number of benzene rings is 2. The predicted molar refractivity (Wildman–Crippen MR) is 107 cm³/mol. The smallest absolute Gasteiger partial charge is 0.261 e. The highest BCUT2D eigenvalue weighted by molar-refractivity contribution is 6.00. The van der Waals surface area contributed by atoms with Gasteiger partial charge in [-0.05, 0) is 60.2 Å². The number of pyridine rings is 1. The Kier molecular flexibility index (Phi) is 4.55. The quantitative estimate of drug-likeness (QED) is 0.760. The molecule has 28 heavy (non-hydrogen) atoms. The SMILES string of the molecule is COc1cccc(OC)c1C(=O)N1CCc2cc3cc(C)c(=O)[nH]c3cc2C1. The molecule has 2 aromatic carbocycles. The van der Waals surface area contributed by atoms with E-state index in [-0.39, 0.29) is 11.5 Å². The Labute approximate surface area is 162 Å². The molecular weight excluding hydrogens is 356 g/mol. The average molecular weight is 378 g/mol. The van der Waals surface area contributed by atoms with Crippen LogP contribution in [0.2, 0.25) is 0 Å². The molecule has 1 aromatic heterocycles. The minimum absolute atomic E-state index is 0.0880. The van der Waals surface area contributed by atoms with E-state index in [1.807, 2.05) is 12.1 Å². The van der Waals surface area contributed by atoms with E-state index in [2.05, 4.69) is 11.1 Å². The molecule has 1 aliphatic heterocycles. The van der Waals surface area contributed by atoms with Crippen LogP contribution in [-0.4, -0.2) is 36.6 Å². The summed E-state index contributed by atoms with van der Waals surface area (Å²) in [5, 5.41) is 1.02. The van der Waals surface area contributed by atoms with Gasteiger partial charge in [0.25, 0.3) is 11.5 Å². The van der Waals surface area contributed by atoms with Gasteiger partial charge in [0.15, 0.2) is 0 Å². The third kappa shape index (κ3) is 3.01. The van der Waals surface area contributed by atoms with Gasteiger partial charge < -0.3 is 19.4 Å². The lowest BCUT2D eigenvalue weighted by Crippen LogP contribution is -2.36. The Morgan fingerprint density at radius 3 is 2.46 bits per heavy atom. The second-order valence-electron chi connectivity index (χ2n) is 7.00. The van der Waals surface area contributed by atoms with Crippen LogP contribution in [0.5, 0.6) is 11.5 Å². The van der Waals surface area contributed by atoms with Crippen molar-refractivity contribution in [3.8, 4) is 11.5 Å². The van der Waals surface area contributed by atoms with E-state index >= 15 is 0 Å². The monoisotopic (exact) mass is 378 g/mol. The molecule has 0 spiro atoms. The third-order valence-corrected chi connectivity index (χ3v) is 5.29. The molecule has 0 fully saturated rings. The van der Waals surface area contributed by atoms with Gasteiger partial charge in [0.2, 0.25) is 0 Å². The standard InChI is InChI=1S/C22H22N2O4/c1-13-9-15-10-14-7-8-24(12-16(14)11-17(15)23-21(13)25)22(26)20-18(27-2)5-4-6-19(20)28-3/h4-6,9-11H,7-8,12H2,1-3H3,(H,23,25). The number of fused-ring (bicyclic) bond motifs is 2. The second-order valence-corrected chi connectivity index (χ2v) is 7.00. The molecule has 1 amide bonds. The molecule has 0 bridgehead atoms. The Balaban J connectivity index is 1.71. The topological polar surface area (TPSA) is 71.6 Å². The lowest BCUT2D eigenvalue weighted by Gasteiger charge is -2.30. The van der Waals surface area contributed by atoms with E-state index in [1.54, 1.807) is 44.2 Å². The van der Waals surface area contributed by atoms with E-state index in [1.165, 1.54) is 5.56 Å². The molecule has 6 heteroatoms. The van der Waals surface area contributed by atoms with Crippen molar-refractivity contribution in [1.82, 2.24) is 9.88 Å². The molecule has 1 aliphatic rings. The first kappa shape index (κ1) is 18.1. The molecule has 0 unspecified atom stereocenters. The van der Waals surface area contributed by atoms with Crippen molar-refractivity contribution in [3.05, 3.63) is 69.0 Å². The highest BCUT2D eigenvalue weighted by atomic mass is 16.5. The van der Waals surface area contributed by atoms with Gasteiger partial charge in [-0.15, -0.1) is 0 Å². The molecule has 0 aliphatic carbocycles. The number of H-pyrrole nitrogens is 1. The normalized spacial score (nSPS) is 13.3. The Morgan fingerprint density at radius 2 is 1.79 bits per heavy atom. The Bertz CT molecular complexity index is 1110. The van der Waals surface area contributed by atoms with Crippen molar-refractivity contribution >= 4 is 16.8 Å². The molecule has 6 nitrogen and oxygen atoms in total. The number of ether oxygens (including phenoxy) is 2. The number of carbonyl (C=O) groups is 1. The summed E-state index contributed by atoms with van der Waals surface area (Å²) >= 11 is 0. The number of carbonyl (C=O) groups excluding carboxylic acids is 1. The number of aromatic nitrogens is 1. The summed E-state index contributed by atoms with van der Waals surface area (Å²) in [7, 11) is 3.09. The van der Waals surface area contributed by atoms with E-state index in [4.69, 9.17) is 9.47 Å². The van der Waals surface area contributed by atoms with E-state index in [0.717, 1.165) is 22.9 Å². The summed E-state index contributed by atoms with van der Waals surface area (Å²) in [6.07, 6.45) is 0.757. The van der Waals surface area contributed by atoms with E-state index < -0.39 is 0 Å². The Hall–Kier alpha value is -3.28. The molecule has 0 saturated carbocycles. The molecule has 144 valence electrons. The van der Waals surface area contributed by atoms with Gasteiger partial charge in [-0.2, -0.15) is 0 Å². The molecule has 2 heterocycles. The highest BCUT2D eigenvalue weighted by Crippen LogP contribution is 2.32. The van der Waals surface area contributed by atoms with Gasteiger partial charge in [0.05, 0.1) is 14.2 Å². The summed E-state index contributed by atoms with van der Waals surface area (Å²) in [6.45, 7) is 2.89. The summed E-state index contributed by atoms with van der Waals surface area (Å²) in [4.78, 5) is 29.9. The number of nitrogens with one attached hydrogen (secondary N) is 1. The van der Waals surface area contributed by atoms with Gasteiger partial charge in [0.1, 0.15) is 17.1 Å². The minimum atomic E-state index is -0.127. The van der Waals surface area contributed by atoms with Crippen LogP contribution in [0.4, 0.5) is 0 Å². The minimum Gasteiger partial charge on any atom is -0.496 e. The summed E-state index contributed by atoms with van der Waals surface area (Å²) in [6, 6.07) is 11.3. The molecule has 0 saturated heterocycles. The fraction of sp³-hybridized carbons (Fsp3) is 0.273. The van der Waals surface area contributed by atoms with Crippen LogP contribution in [0.25, 0.3) is 10.9 Å². The summed E-state index contributed by atoms with van der Waals surface area (Å²) in [5.41, 5.74) is 4.08. The lowest BCUT2D eigenvalue weighted by atomic mass is 9.96. The van der Waals surface area contributed by atoms with Crippen LogP contribution in [-0.2, 0) is 13.0 Å². The van der Waals surface area contributed by atoms with Crippen molar-refractivity contribution in [2.75, 3.05) is 20.8 Å². The maximum Gasteiger partial charge on any atom is 0.261 e. The number of aryl methyl sites for hydroxylation is 1. The lowest BCUT2D eigenvalue weighted by molar-refractivity contribution is 0.0728. The number of aromatic amines is 1. The molecule has 4 rings (SSSR count). The molecular formula is C22H22N2O4. The maximum atomic E-state index is 13.2. The van der Waals surface area contributed by atoms with Crippen LogP contribution >= 0.6 is 0 Å². The van der Waals surface area contributed by atoms with Gasteiger partial charge >= 0.3 is 0 Å². The van der Waals surface area contributed by atoms with Gasteiger partial charge in [-0.3, -0.25) is 9.59 Å². The van der Waals surface area contributed by atoms with E-state index in [9.17, 15) is 9.59 Å². The zero-order valence-electron chi connectivity index (χ0n) is 16.2. The molecule has 1 N–H and O–H groups in total. The number of hydrogen-bond acceptors (Lipinski definition) is 4. The predicted octanol–water partition coefficient (Wildman–Crippen LogP) is 3.05. The number of rotatable bonds is 3. The fourth-order valence-electron chi connectivity index (χ4n) is 3.77. The van der Waals surface area contributed by atoms with Crippen LogP contribution in [0.1, 0.15) is 27.0 Å². The van der Waals surface area contributed by atoms with Crippen molar-refractivity contribution in [3.63, 3.8) is 0 Å². The van der Waals surface area contributed by atoms with Gasteiger partial charge in [-0.1, -0.05) is 6.07 Å². The van der Waals surface area contributed by atoms with Crippen molar-refractivity contribution < 1.29 is 14.3 Å². The second kappa shape index (κ2) is 7.03. The van der Waals surface area contributed by atoms with Crippen molar-refractivity contribution in [2.45, 2.75) is 19.9 Å². The first-order valence-corrected chi connectivity index (χ1v) is 9.17. The van der Waals surface area contributed by atoms with Gasteiger partial charge in [0, 0.05) is 24.2 Å². The summed E-state index contributed by atoms with van der Waals surface area (Å²) < 4.78 is 10.8. The van der Waals surface area contributed by atoms with Crippen LogP contribution in [0, 0.1) is 6.92 Å². The highest BCUT2D eigenvalue weighted by Gasteiger charge is 2.27.